The van der Waals surface area contributed by atoms with Gasteiger partial charge in [-0.2, -0.15) is 0 Å². The number of benzene rings is 1. The van der Waals surface area contributed by atoms with Crippen molar-refractivity contribution in [2.45, 2.75) is 64.2 Å². The Balaban J connectivity index is 3.04. The van der Waals surface area contributed by atoms with Gasteiger partial charge in [-0.3, -0.25) is 0 Å². The Bertz CT molecular complexity index is 522. The van der Waals surface area contributed by atoms with Crippen LogP contribution in [0.3, 0.4) is 0 Å². The van der Waals surface area contributed by atoms with Gasteiger partial charge >= 0.3 is 0 Å². The van der Waals surface area contributed by atoms with Gasteiger partial charge in [-0.1, -0.05) is 50.3 Å². The van der Waals surface area contributed by atoms with E-state index in [2.05, 4.69) is 30.4 Å². The molecule has 2 nitrogen and oxygen atoms in total. The Hall–Kier alpha value is -1.11. The monoisotopic (exact) mass is 305 g/mol. The van der Waals surface area contributed by atoms with Gasteiger partial charge in [-0.15, -0.1) is 0 Å². The summed E-state index contributed by atoms with van der Waals surface area (Å²) in [6.07, 6.45) is 2.74. The molecule has 2 atom stereocenters. The molecule has 0 unspecified atom stereocenters. The second-order valence-corrected chi connectivity index (χ2v) is 8.25. The SMILES string of the molecule is CCC[C@](C#Cc1ccccc1)(CC)N[S@](=O)C(C)(C)C. The molecule has 0 radical (unpaired) electrons. The summed E-state index contributed by atoms with van der Waals surface area (Å²) < 4.78 is 15.5. The Morgan fingerprint density at radius 3 is 2.24 bits per heavy atom. The van der Waals surface area contributed by atoms with E-state index in [4.69, 9.17) is 0 Å². The first kappa shape index (κ1) is 17.9. The molecule has 0 fully saturated rings. The zero-order chi connectivity index (χ0) is 15.9. The summed E-state index contributed by atoms with van der Waals surface area (Å²) in [6.45, 7) is 10.2. The van der Waals surface area contributed by atoms with E-state index in [1.165, 1.54) is 0 Å². The van der Waals surface area contributed by atoms with Gasteiger partial charge in [0, 0.05) is 5.56 Å². The molecule has 0 aliphatic carbocycles. The maximum atomic E-state index is 12.5. The lowest BCUT2D eigenvalue weighted by Gasteiger charge is -2.31. The van der Waals surface area contributed by atoms with E-state index in [0.717, 1.165) is 24.8 Å². The van der Waals surface area contributed by atoms with E-state index in [1.54, 1.807) is 0 Å². The molecule has 0 spiro atoms. The molecular weight excluding hydrogens is 278 g/mol. The molecule has 116 valence electrons. The highest BCUT2D eigenvalue weighted by Crippen LogP contribution is 2.21. The molecule has 3 heteroatoms. The maximum Gasteiger partial charge on any atom is 0.0983 e. The number of rotatable bonds is 5. The second kappa shape index (κ2) is 7.77. The topological polar surface area (TPSA) is 29.1 Å². The van der Waals surface area contributed by atoms with Crippen LogP contribution in [0.25, 0.3) is 0 Å². The molecular formula is C18H27NOS. The molecule has 0 aromatic heterocycles. The van der Waals surface area contributed by atoms with Crippen LogP contribution in [0.2, 0.25) is 0 Å². The van der Waals surface area contributed by atoms with Crippen LogP contribution in [0.15, 0.2) is 30.3 Å². The van der Waals surface area contributed by atoms with E-state index < -0.39 is 11.0 Å². The standard InChI is InChI=1S/C18H27NOS/c1-6-14-18(7-2,19-21(20)17(3,4)5)15-13-16-11-9-8-10-12-16/h8-12,19H,6-7,14H2,1-5H3/t18-,21+/m0/s1. The molecule has 0 heterocycles. The average molecular weight is 305 g/mol. The van der Waals surface area contributed by atoms with Crippen LogP contribution in [0.4, 0.5) is 0 Å². The number of hydrogen-bond acceptors (Lipinski definition) is 1. The van der Waals surface area contributed by atoms with Gasteiger partial charge in [0.1, 0.15) is 0 Å². The predicted molar refractivity (Wildman–Crippen MR) is 92.3 cm³/mol. The summed E-state index contributed by atoms with van der Waals surface area (Å²) in [5.74, 6) is 6.58. The normalized spacial score (nSPS) is 15.7. The molecule has 1 aromatic carbocycles. The number of hydrogen-bond donors (Lipinski definition) is 1. The van der Waals surface area contributed by atoms with Crippen LogP contribution in [0.1, 0.15) is 59.4 Å². The fourth-order valence-electron chi connectivity index (χ4n) is 1.95. The predicted octanol–water partition coefficient (Wildman–Crippen LogP) is 4.04. The smallest absolute Gasteiger partial charge is 0.0983 e. The van der Waals surface area contributed by atoms with Crippen molar-refractivity contribution in [1.82, 2.24) is 4.72 Å². The summed E-state index contributed by atoms with van der Waals surface area (Å²) >= 11 is 0. The van der Waals surface area contributed by atoms with Gasteiger partial charge < -0.3 is 0 Å². The molecule has 21 heavy (non-hydrogen) atoms. The Morgan fingerprint density at radius 2 is 1.76 bits per heavy atom. The van der Waals surface area contributed by atoms with Crippen LogP contribution in [-0.2, 0) is 11.0 Å². The van der Waals surface area contributed by atoms with Crippen molar-refractivity contribution in [3.63, 3.8) is 0 Å². The lowest BCUT2D eigenvalue weighted by Crippen LogP contribution is -2.49. The molecule has 0 bridgehead atoms. The maximum absolute atomic E-state index is 12.5. The lowest BCUT2D eigenvalue weighted by molar-refractivity contribution is 0.438. The highest BCUT2D eigenvalue weighted by molar-refractivity contribution is 7.84. The molecule has 0 amide bonds. The molecule has 1 aromatic rings. The van der Waals surface area contributed by atoms with Crippen LogP contribution < -0.4 is 4.72 Å². The first-order valence-corrected chi connectivity index (χ1v) is 8.76. The van der Waals surface area contributed by atoms with Crippen molar-refractivity contribution in [1.29, 1.82) is 0 Å². The van der Waals surface area contributed by atoms with E-state index in [9.17, 15) is 4.21 Å². The summed E-state index contributed by atoms with van der Waals surface area (Å²) in [5, 5.41) is 0. The van der Waals surface area contributed by atoms with E-state index >= 15 is 0 Å². The molecule has 0 saturated carbocycles. The Labute approximate surface area is 132 Å². The third kappa shape index (κ3) is 5.65. The molecule has 1 N–H and O–H groups in total. The van der Waals surface area contributed by atoms with Gasteiger partial charge in [0.15, 0.2) is 0 Å². The quantitative estimate of drug-likeness (QED) is 0.817. The van der Waals surface area contributed by atoms with E-state index in [1.807, 2.05) is 51.1 Å². The van der Waals surface area contributed by atoms with Gasteiger partial charge in [0.25, 0.3) is 0 Å². The second-order valence-electron chi connectivity index (χ2n) is 6.28. The summed E-state index contributed by atoms with van der Waals surface area (Å²) in [5.41, 5.74) is 0.609. The van der Waals surface area contributed by atoms with Gasteiger partial charge in [0.2, 0.25) is 0 Å². The highest BCUT2D eigenvalue weighted by atomic mass is 32.2. The third-order valence-electron chi connectivity index (χ3n) is 3.34. The Morgan fingerprint density at radius 1 is 1.14 bits per heavy atom. The molecule has 0 saturated heterocycles. The minimum Gasteiger partial charge on any atom is -0.242 e. The minimum atomic E-state index is -1.12. The van der Waals surface area contributed by atoms with Crippen LogP contribution in [0.5, 0.6) is 0 Å². The fourth-order valence-corrected chi connectivity index (χ4v) is 2.91. The summed E-state index contributed by atoms with van der Waals surface area (Å²) in [7, 11) is -1.12. The summed E-state index contributed by atoms with van der Waals surface area (Å²) in [6, 6.07) is 9.95. The van der Waals surface area contributed by atoms with Crippen molar-refractivity contribution in [3.05, 3.63) is 35.9 Å². The van der Waals surface area contributed by atoms with Gasteiger partial charge in [0.05, 0.1) is 21.3 Å². The van der Waals surface area contributed by atoms with Crippen LogP contribution in [-0.4, -0.2) is 14.5 Å². The lowest BCUT2D eigenvalue weighted by atomic mass is 9.92. The minimum absolute atomic E-state index is 0.289. The van der Waals surface area contributed by atoms with Crippen molar-refractivity contribution in [2.24, 2.45) is 0 Å². The highest BCUT2D eigenvalue weighted by Gasteiger charge is 2.31. The first-order valence-electron chi connectivity index (χ1n) is 7.61. The van der Waals surface area contributed by atoms with Crippen molar-refractivity contribution in [2.75, 3.05) is 0 Å². The average Bonchev–Trinajstić information content (AvgIpc) is 2.45. The van der Waals surface area contributed by atoms with Gasteiger partial charge in [-0.25, -0.2) is 8.93 Å². The largest absolute Gasteiger partial charge is 0.242 e. The van der Waals surface area contributed by atoms with E-state index in [0.29, 0.717) is 0 Å². The van der Waals surface area contributed by atoms with Crippen molar-refractivity contribution < 1.29 is 4.21 Å². The molecule has 0 aliphatic heterocycles. The van der Waals surface area contributed by atoms with Crippen LogP contribution >= 0.6 is 0 Å². The molecule has 1 rings (SSSR count). The Kier molecular flexibility index (Phi) is 6.64. The van der Waals surface area contributed by atoms with Crippen LogP contribution in [0, 0.1) is 11.8 Å². The summed E-state index contributed by atoms with van der Waals surface area (Å²) in [4.78, 5) is 0. The zero-order valence-electron chi connectivity index (χ0n) is 13.8. The zero-order valence-corrected chi connectivity index (χ0v) is 14.6. The van der Waals surface area contributed by atoms with Crippen molar-refractivity contribution >= 4 is 11.0 Å². The van der Waals surface area contributed by atoms with Crippen molar-refractivity contribution in [3.8, 4) is 11.8 Å². The van der Waals surface area contributed by atoms with Gasteiger partial charge in [-0.05, 0) is 45.7 Å². The molecule has 0 aliphatic rings. The van der Waals surface area contributed by atoms with E-state index in [-0.39, 0.29) is 10.3 Å². The first-order chi connectivity index (χ1) is 9.83. The fraction of sp³-hybridized carbons (Fsp3) is 0.556. The number of nitrogens with one attached hydrogen (secondary N) is 1. The third-order valence-corrected chi connectivity index (χ3v) is 5.03.